The van der Waals surface area contributed by atoms with E-state index in [0.29, 0.717) is 5.56 Å². The zero-order chi connectivity index (χ0) is 13.0. The lowest BCUT2D eigenvalue weighted by atomic mass is 10.1. The highest BCUT2D eigenvalue weighted by atomic mass is 79.9. The maximum absolute atomic E-state index is 13.6. The second-order valence-corrected chi connectivity index (χ2v) is 4.71. The number of halogens is 2. The van der Waals surface area contributed by atoms with E-state index in [1.165, 1.54) is 13.2 Å². The van der Waals surface area contributed by atoms with E-state index in [2.05, 4.69) is 26.0 Å². The van der Waals surface area contributed by atoms with Crippen molar-refractivity contribution in [1.29, 1.82) is 0 Å². The van der Waals surface area contributed by atoms with Gasteiger partial charge in [0.15, 0.2) is 0 Å². The first-order valence-corrected chi connectivity index (χ1v) is 6.03. The van der Waals surface area contributed by atoms with Crippen molar-refractivity contribution in [2.75, 3.05) is 7.11 Å². The summed E-state index contributed by atoms with van der Waals surface area (Å²) < 4.78 is 19.0. The first-order chi connectivity index (χ1) is 7.95. The molecule has 1 rings (SSSR count). The van der Waals surface area contributed by atoms with Gasteiger partial charge in [0.1, 0.15) is 11.9 Å². The first kappa shape index (κ1) is 14.1. The average Bonchev–Trinajstić information content (AvgIpc) is 2.30. The van der Waals surface area contributed by atoms with E-state index in [0.717, 1.165) is 4.47 Å². The summed E-state index contributed by atoms with van der Waals surface area (Å²) in [5.41, 5.74) is 0.509. The zero-order valence-electron chi connectivity index (χ0n) is 9.96. The van der Waals surface area contributed by atoms with Crippen LogP contribution in [0.4, 0.5) is 4.39 Å². The maximum Gasteiger partial charge on any atom is 0.322 e. The minimum atomic E-state index is -0.478. The molecule has 1 unspecified atom stereocenters. The number of ether oxygens (including phenoxy) is 1. The highest BCUT2D eigenvalue weighted by Gasteiger charge is 2.18. The van der Waals surface area contributed by atoms with Gasteiger partial charge in [0, 0.05) is 16.1 Å². The molecule has 1 aromatic rings. The average molecular weight is 304 g/mol. The van der Waals surface area contributed by atoms with Crippen LogP contribution in [0.25, 0.3) is 0 Å². The van der Waals surface area contributed by atoms with E-state index in [1.54, 1.807) is 26.0 Å². The van der Waals surface area contributed by atoms with E-state index in [-0.39, 0.29) is 17.8 Å². The van der Waals surface area contributed by atoms with Crippen molar-refractivity contribution in [1.82, 2.24) is 5.32 Å². The molecule has 0 heterocycles. The lowest BCUT2D eigenvalue weighted by molar-refractivity contribution is -0.142. The van der Waals surface area contributed by atoms with Crippen LogP contribution in [0.15, 0.2) is 22.7 Å². The van der Waals surface area contributed by atoms with E-state index >= 15 is 0 Å². The lowest BCUT2D eigenvalue weighted by Gasteiger charge is -2.19. The van der Waals surface area contributed by atoms with Crippen LogP contribution in [0.1, 0.15) is 25.5 Å². The summed E-state index contributed by atoms with van der Waals surface area (Å²) in [6.45, 7) is 3.47. The Morgan fingerprint density at radius 1 is 1.47 bits per heavy atom. The SMILES string of the molecule is COC(=O)[C@H](C)NC(C)c1cc(Br)ccc1F. The number of benzene rings is 1. The van der Waals surface area contributed by atoms with Crippen LogP contribution in [-0.2, 0) is 9.53 Å². The molecule has 0 aliphatic heterocycles. The Hall–Kier alpha value is -0.940. The molecule has 0 aromatic heterocycles. The molecule has 1 N–H and O–H groups in total. The predicted octanol–water partition coefficient (Wildman–Crippen LogP) is 2.80. The molecule has 0 spiro atoms. The third-order valence-corrected chi connectivity index (χ3v) is 2.97. The highest BCUT2D eigenvalue weighted by molar-refractivity contribution is 9.10. The van der Waals surface area contributed by atoms with Gasteiger partial charge in [-0.25, -0.2) is 4.39 Å². The van der Waals surface area contributed by atoms with Crippen molar-refractivity contribution in [2.24, 2.45) is 0 Å². The fourth-order valence-corrected chi connectivity index (χ4v) is 1.93. The standard InChI is InChI=1S/C12H15BrFNO2/c1-7(15-8(2)12(16)17-3)10-6-9(13)4-5-11(10)14/h4-8,15H,1-3H3/t7?,8-/m0/s1. The van der Waals surface area contributed by atoms with Gasteiger partial charge in [-0.15, -0.1) is 0 Å². The van der Waals surface area contributed by atoms with Gasteiger partial charge in [-0.2, -0.15) is 0 Å². The van der Waals surface area contributed by atoms with Crippen LogP contribution in [0.2, 0.25) is 0 Å². The van der Waals surface area contributed by atoms with Gasteiger partial charge < -0.3 is 4.74 Å². The predicted molar refractivity (Wildman–Crippen MR) is 67.1 cm³/mol. The second-order valence-electron chi connectivity index (χ2n) is 3.80. The molecule has 5 heteroatoms. The molecule has 1 aromatic carbocycles. The van der Waals surface area contributed by atoms with Gasteiger partial charge in [-0.1, -0.05) is 15.9 Å². The second kappa shape index (κ2) is 6.12. The van der Waals surface area contributed by atoms with Crippen molar-refractivity contribution in [3.8, 4) is 0 Å². The maximum atomic E-state index is 13.6. The number of carbonyl (C=O) groups excluding carboxylic acids is 1. The van der Waals surface area contributed by atoms with Gasteiger partial charge in [0.25, 0.3) is 0 Å². The summed E-state index contributed by atoms with van der Waals surface area (Å²) in [4.78, 5) is 11.2. The van der Waals surface area contributed by atoms with Gasteiger partial charge in [0.05, 0.1) is 7.11 Å². The Balaban J connectivity index is 2.79. The minimum Gasteiger partial charge on any atom is -0.468 e. The fraction of sp³-hybridized carbons (Fsp3) is 0.417. The minimum absolute atomic E-state index is 0.276. The number of esters is 1. The van der Waals surface area contributed by atoms with Crippen LogP contribution < -0.4 is 5.32 Å². The Bertz CT molecular complexity index is 411. The molecule has 0 aliphatic carbocycles. The van der Waals surface area contributed by atoms with Crippen LogP contribution in [-0.4, -0.2) is 19.1 Å². The molecule has 0 bridgehead atoms. The lowest BCUT2D eigenvalue weighted by Crippen LogP contribution is -2.36. The van der Waals surface area contributed by atoms with Gasteiger partial charge in [-0.3, -0.25) is 10.1 Å². The molecule has 3 nitrogen and oxygen atoms in total. The van der Waals surface area contributed by atoms with E-state index < -0.39 is 6.04 Å². The number of methoxy groups -OCH3 is 1. The van der Waals surface area contributed by atoms with Crippen LogP contribution in [0.3, 0.4) is 0 Å². The molecular weight excluding hydrogens is 289 g/mol. The third kappa shape index (κ3) is 3.78. The van der Waals surface area contributed by atoms with Gasteiger partial charge in [0.2, 0.25) is 0 Å². The van der Waals surface area contributed by atoms with Crippen molar-refractivity contribution < 1.29 is 13.9 Å². The number of rotatable bonds is 4. The van der Waals surface area contributed by atoms with E-state index in [9.17, 15) is 9.18 Å². The van der Waals surface area contributed by atoms with Crippen LogP contribution >= 0.6 is 15.9 Å². The summed E-state index contributed by atoms with van der Waals surface area (Å²) >= 11 is 3.29. The summed E-state index contributed by atoms with van der Waals surface area (Å²) in [6, 6.07) is 3.96. The molecular formula is C12H15BrFNO2. The number of carbonyl (C=O) groups is 1. The summed E-state index contributed by atoms with van der Waals surface area (Å²) in [5, 5.41) is 2.98. The van der Waals surface area contributed by atoms with Gasteiger partial charge in [-0.05, 0) is 32.0 Å². The molecule has 94 valence electrons. The fourth-order valence-electron chi connectivity index (χ4n) is 1.56. The third-order valence-electron chi connectivity index (χ3n) is 2.48. The smallest absolute Gasteiger partial charge is 0.322 e. The van der Waals surface area contributed by atoms with Crippen LogP contribution in [0.5, 0.6) is 0 Å². The molecule has 0 radical (unpaired) electrons. The highest BCUT2D eigenvalue weighted by Crippen LogP contribution is 2.21. The van der Waals surface area contributed by atoms with Crippen molar-refractivity contribution >= 4 is 21.9 Å². The van der Waals surface area contributed by atoms with Crippen molar-refractivity contribution in [3.05, 3.63) is 34.1 Å². The van der Waals surface area contributed by atoms with Crippen LogP contribution in [0, 0.1) is 5.82 Å². The largest absolute Gasteiger partial charge is 0.468 e. The van der Waals surface area contributed by atoms with E-state index in [1.807, 2.05) is 0 Å². The Labute approximate surface area is 108 Å². The molecule has 0 aliphatic rings. The number of hydrogen-bond donors (Lipinski definition) is 1. The topological polar surface area (TPSA) is 38.3 Å². The first-order valence-electron chi connectivity index (χ1n) is 5.24. The Morgan fingerprint density at radius 3 is 2.71 bits per heavy atom. The summed E-state index contributed by atoms with van der Waals surface area (Å²) in [5.74, 6) is -0.669. The van der Waals surface area contributed by atoms with Crippen molar-refractivity contribution in [3.63, 3.8) is 0 Å². The molecule has 17 heavy (non-hydrogen) atoms. The zero-order valence-corrected chi connectivity index (χ0v) is 11.5. The number of hydrogen-bond acceptors (Lipinski definition) is 3. The molecule has 0 fully saturated rings. The molecule has 0 saturated carbocycles. The molecule has 0 amide bonds. The molecule has 0 saturated heterocycles. The Kier molecular flexibility index (Phi) is 5.08. The quantitative estimate of drug-likeness (QED) is 0.869. The summed E-state index contributed by atoms with van der Waals surface area (Å²) in [6.07, 6.45) is 0. The normalized spacial score (nSPS) is 14.2. The van der Waals surface area contributed by atoms with Gasteiger partial charge >= 0.3 is 5.97 Å². The Morgan fingerprint density at radius 2 is 2.12 bits per heavy atom. The van der Waals surface area contributed by atoms with Crippen molar-refractivity contribution in [2.45, 2.75) is 25.9 Å². The van der Waals surface area contributed by atoms with E-state index in [4.69, 9.17) is 0 Å². The molecule has 2 atom stereocenters. The number of nitrogens with one attached hydrogen (secondary N) is 1. The monoisotopic (exact) mass is 303 g/mol. The summed E-state index contributed by atoms with van der Waals surface area (Å²) in [7, 11) is 1.32.